The van der Waals surface area contributed by atoms with Gasteiger partial charge in [0.15, 0.2) is 0 Å². The molecule has 0 heterocycles. The first-order valence-electron chi connectivity index (χ1n) is 8.28. The van der Waals surface area contributed by atoms with Gasteiger partial charge in [0.1, 0.15) is 11.6 Å². The quantitative estimate of drug-likeness (QED) is 0.636. The molecule has 0 aliphatic carbocycles. The van der Waals surface area contributed by atoms with Crippen LogP contribution >= 0.6 is 11.6 Å². The Bertz CT molecular complexity index is 1010. The summed E-state index contributed by atoms with van der Waals surface area (Å²) < 4.78 is 18.0. The molecule has 142 valence electrons. The molecule has 3 rings (SSSR count). The van der Waals surface area contributed by atoms with Crippen LogP contribution in [0.1, 0.15) is 20.7 Å². The van der Waals surface area contributed by atoms with Gasteiger partial charge in [-0.2, -0.15) is 0 Å². The van der Waals surface area contributed by atoms with Gasteiger partial charge in [0.05, 0.1) is 17.8 Å². The monoisotopic (exact) mass is 398 g/mol. The number of halogens is 2. The molecular weight excluding hydrogens is 383 g/mol. The molecule has 0 bridgehead atoms. The van der Waals surface area contributed by atoms with E-state index in [1.807, 2.05) is 0 Å². The fraction of sp³-hybridized carbons (Fsp3) is 0.0476. The van der Waals surface area contributed by atoms with Gasteiger partial charge < -0.3 is 15.4 Å². The summed E-state index contributed by atoms with van der Waals surface area (Å²) in [5, 5.41) is 5.64. The smallest absolute Gasteiger partial charge is 0.255 e. The molecular formula is C21H16ClFN2O3. The minimum Gasteiger partial charge on any atom is -0.497 e. The van der Waals surface area contributed by atoms with Gasteiger partial charge in [0, 0.05) is 16.8 Å². The zero-order chi connectivity index (χ0) is 20.1. The topological polar surface area (TPSA) is 67.4 Å². The molecule has 0 aliphatic rings. The third kappa shape index (κ3) is 4.66. The van der Waals surface area contributed by atoms with E-state index in [0.29, 0.717) is 33.3 Å². The van der Waals surface area contributed by atoms with Crippen molar-refractivity contribution < 1.29 is 18.7 Å². The zero-order valence-corrected chi connectivity index (χ0v) is 15.6. The molecule has 0 aromatic heterocycles. The van der Waals surface area contributed by atoms with Gasteiger partial charge in [0.2, 0.25) is 0 Å². The van der Waals surface area contributed by atoms with Crippen LogP contribution in [0.5, 0.6) is 5.75 Å². The predicted molar refractivity (Wildman–Crippen MR) is 107 cm³/mol. The van der Waals surface area contributed by atoms with Crippen LogP contribution in [0.2, 0.25) is 5.02 Å². The van der Waals surface area contributed by atoms with Crippen molar-refractivity contribution in [2.45, 2.75) is 0 Å². The molecule has 0 spiro atoms. The number of rotatable bonds is 5. The Balaban J connectivity index is 1.75. The summed E-state index contributed by atoms with van der Waals surface area (Å²) in [6.45, 7) is 0. The Morgan fingerprint density at radius 2 is 1.46 bits per heavy atom. The van der Waals surface area contributed by atoms with Gasteiger partial charge in [0.25, 0.3) is 11.8 Å². The number of benzene rings is 3. The first-order valence-corrected chi connectivity index (χ1v) is 8.66. The number of carbonyl (C=O) groups is 2. The second-order valence-corrected chi connectivity index (χ2v) is 6.25. The van der Waals surface area contributed by atoms with Gasteiger partial charge in [-0.1, -0.05) is 11.6 Å². The molecule has 3 aromatic carbocycles. The van der Waals surface area contributed by atoms with Crippen LogP contribution in [0.4, 0.5) is 15.8 Å². The number of amides is 2. The Labute approximate surface area is 166 Å². The minimum absolute atomic E-state index is 0.291. The lowest BCUT2D eigenvalue weighted by Crippen LogP contribution is -2.15. The molecule has 28 heavy (non-hydrogen) atoms. The van der Waals surface area contributed by atoms with Crippen molar-refractivity contribution >= 4 is 34.8 Å². The maximum absolute atomic E-state index is 13.0. The molecule has 0 saturated heterocycles. The highest BCUT2D eigenvalue weighted by atomic mass is 35.5. The first kappa shape index (κ1) is 19.4. The summed E-state index contributed by atoms with van der Waals surface area (Å²) >= 11 is 6.15. The van der Waals surface area contributed by atoms with Crippen LogP contribution in [0.15, 0.2) is 66.7 Å². The van der Waals surface area contributed by atoms with Gasteiger partial charge in [-0.15, -0.1) is 0 Å². The molecule has 0 saturated carbocycles. The number of hydrogen-bond donors (Lipinski definition) is 2. The molecule has 0 unspecified atom stereocenters. The van der Waals surface area contributed by atoms with E-state index >= 15 is 0 Å². The molecule has 2 N–H and O–H groups in total. The average molecular weight is 399 g/mol. The fourth-order valence-electron chi connectivity index (χ4n) is 2.44. The average Bonchev–Trinajstić information content (AvgIpc) is 2.71. The second-order valence-electron chi connectivity index (χ2n) is 5.84. The molecule has 0 atom stereocenters. The zero-order valence-electron chi connectivity index (χ0n) is 14.8. The van der Waals surface area contributed by atoms with E-state index in [-0.39, 0.29) is 5.91 Å². The fourth-order valence-corrected chi connectivity index (χ4v) is 2.60. The molecule has 3 aromatic rings. The van der Waals surface area contributed by atoms with E-state index in [4.69, 9.17) is 16.3 Å². The highest BCUT2D eigenvalue weighted by molar-refractivity contribution is 6.34. The lowest BCUT2D eigenvalue weighted by atomic mass is 10.1. The van der Waals surface area contributed by atoms with Gasteiger partial charge in [-0.05, 0) is 66.7 Å². The first-order chi connectivity index (χ1) is 13.5. The van der Waals surface area contributed by atoms with Gasteiger partial charge in [-0.25, -0.2) is 4.39 Å². The van der Waals surface area contributed by atoms with Crippen LogP contribution in [-0.2, 0) is 0 Å². The van der Waals surface area contributed by atoms with Crippen molar-refractivity contribution in [1.29, 1.82) is 0 Å². The Morgan fingerprint density at radius 1 is 0.857 bits per heavy atom. The SMILES string of the molecule is COc1ccc(C(=O)Nc2cc(C(=O)Nc3ccc(F)cc3)ccc2Cl)cc1. The molecule has 0 radical (unpaired) electrons. The summed E-state index contributed by atoms with van der Waals surface area (Å²) in [5.41, 5.74) is 1.45. The van der Waals surface area contributed by atoms with Crippen molar-refractivity contribution in [2.24, 2.45) is 0 Å². The van der Waals surface area contributed by atoms with Crippen molar-refractivity contribution in [3.8, 4) is 5.75 Å². The van der Waals surface area contributed by atoms with Gasteiger partial charge >= 0.3 is 0 Å². The van der Waals surface area contributed by atoms with E-state index in [1.54, 1.807) is 24.3 Å². The summed E-state index contributed by atoms with van der Waals surface area (Å²) in [6, 6.07) is 16.5. The molecule has 2 amide bonds. The number of methoxy groups -OCH3 is 1. The summed E-state index contributed by atoms with van der Waals surface area (Å²) in [6.07, 6.45) is 0. The van der Waals surface area contributed by atoms with Crippen LogP contribution in [0, 0.1) is 5.82 Å². The van der Waals surface area contributed by atoms with E-state index in [2.05, 4.69) is 10.6 Å². The molecule has 0 fully saturated rings. The largest absolute Gasteiger partial charge is 0.497 e. The number of anilines is 2. The third-order valence-corrected chi connectivity index (χ3v) is 4.26. The predicted octanol–water partition coefficient (Wildman–Crippen LogP) is 4.99. The van der Waals surface area contributed by atoms with E-state index in [1.165, 1.54) is 49.6 Å². The van der Waals surface area contributed by atoms with Crippen molar-refractivity contribution in [3.05, 3.63) is 88.7 Å². The number of hydrogen-bond acceptors (Lipinski definition) is 3. The highest BCUT2D eigenvalue weighted by Crippen LogP contribution is 2.25. The lowest BCUT2D eigenvalue weighted by molar-refractivity contribution is 0.101. The Morgan fingerprint density at radius 3 is 2.11 bits per heavy atom. The highest BCUT2D eigenvalue weighted by Gasteiger charge is 2.13. The summed E-state index contributed by atoms with van der Waals surface area (Å²) in [7, 11) is 1.54. The Kier molecular flexibility index (Phi) is 5.91. The lowest BCUT2D eigenvalue weighted by Gasteiger charge is -2.11. The standard InChI is InChI=1S/C21H16ClFN2O3/c1-28-17-9-2-13(3-10-17)20(26)25-19-12-14(4-11-18(19)22)21(27)24-16-7-5-15(23)6-8-16/h2-12H,1H3,(H,24,27)(H,25,26). The molecule has 7 heteroatoms. The maximum Gasteiger partial charge on any atom is 0.255 e. The van der Waals surface area contributed by atoms with Crippen LogP contribution in [-0.4, -0.2) is 18.9 Å². The minimum atomic E-state index is -0.414. The van der Waals surface area contributed by atoms with Crippen LogP contribution < -0.4 is 15.4 Å². The number of ether oxygens (including phenoxy) is 1. The molecule has 0 aliphatic heterocycles. The van der Waals surface area contributed by atoms with Crippen molar-refractivity contribution in [1.82, 2.24) is 0 Å². The third-order valence-electron chi connectivity index (χ3n) is 3.93. The summed E-state index contributed by atoms with van der Waals surface area (Å²) in [5.74, 6) is -0.550. The molecule has 5 nitrogen and oxygen atoms in total. The number of carbonyl (C=O) groups excluding carboxylic acids is 2. The van der Waals surface area contributed by atoms with Crippen molar-refractivity contribution in [3.63, 3.8) is 0 Å². The van der Waals surface area contributed by atoms with Gasteiger partial charge in [-0.3, -0.25) is 9.59 Å². The second kappa shape index (κ2) is 8.54. The van der Waals surface area contributed by atoms with E-state index in [0.717, 1.165) is 0 Å². The van der Waals surface area contributed by atoms with Crippen molar-refractivity contribution in [2.75, 3.05) is 17.7 Å². The van der Waals surface area contributed by atoms with Crippen LogP contribution in [0.3, 0.4) is 0 Å². The normalized spacial score (nSPS) is 10.2. The van der Waals surface area contributed by atoms with E-state index < -0.39 is 11.7 Å². The maximum atomic E-state index is 13.0. The van der Waals surface area contributed by atoms with Crippen LogP contribution in [0.25, 0.3) is 0 Å². The number of nitrogens with one attached hydrogen (secondary N) is 2. The Hall–Kier alpha value is -3.38. The van der Waals surface area contributed by atoms with E-state index in [9.17, 15) is 14.0 Å². The summed E-state index contributed by atoms with van der Waals surface area (Å²) in [4.78, 5) is 24.8.